The number of carbonyl (C=O) groups excluding carboxylic acids is 2. The Kier molecular flexibility index (Phi) is 6.69. The van der Waals surface area contributed by atoms with Crippen LogP contribution in [0.2, 0.25) is 0 Å². The number of carbonyl (C=O) groups is 2. The molecule has 2 N–H and O–H groups in total. The Bertz CT molecular complexity index is 1160. The SMILES string of the molecule is C=C1NC2=C(C(=O)CC(c3cccs3)C2)C(c2ccc(O)c(OCC)c2)C1C(=O)OC1CCCC1. The van der Waals surface area contributed by atoms with Crippen molar-refractivity contribution in [3.8, 4) is 11.5 Å². The molecule has 6 nitrogen and oxygen atoms in total. The van der Waals surface area contributed by atoms with Crippen LogP contribution in [-0.2, 0) is 14.3 Å². The van der Waals surface area contributed by atoms with E-state index in [1.54, 1.807) is 29.5 Å². The molecule has 1 fully saturated rings. The van der Waals surface area contributed by atoms with E-state index in [1.165, 1.54) is 4.88 Å². The molecule has 0 saturated heterocycles. The zero-order valence-corrected chi connectivity index (χ0v) is 20.7. The number of allylic oxidation sites excluding steroid dienone is 2. The number of ether oxygens (including phenoxy) is 2. The van der Waals surface area contributed by atoms with Crippen LogP contribution in [0, 0.1) is 5.92 Å². The standard InChI is InChI=1S/C28H31NO5S/c1-3-33-23-15-17(10-11-21(23)30)26-25(28(32)34-19-7-4-5-8-19)16(2)29-20-13-18(14-22(31)27(20)26)24-9-6-12-35-24/h6,9-12,15,18-19,25-26,29-30H,2-5,7-8,13-14H2,1H3. The van der Waals surface area contributed by atoms with Gasteiger partial charge in [-0.1, -0.05) is 18.7 Å². The number of ketones is 1. The highest BCUT2D eigenvalue weighted by Crippen LogP contribution is 2.49. The first-order valence-electron chi connectivity index (χ1n) is 12.4. The normalized spacial score (nSPS) is 24.8. The van der Waals surface area contributed by atoms with E-state index >= 15 is 0 Å². The zero-order valence-electron chi connectivity index (χ0n) is 19.9. The molecule has 2 aromatic rings. The number of thiophene rings is 1. The van der Waals surface area contributed by atoms with Crippen LogP contribution in [0.3, 0.4) is 0 Å². The molecule has 184 valence electrons. The smallest absolute Gasteiger partial charge is 0.316 e. The van der Waals surface area contributed by atoms with Gasteiger partial charge in [0.2, 0.25) is 0 Å². The van der Waals surface area contributed by atoms with Gasteiger partial charge in [-0.05, 0) is 68.2 Å². The Morgan fingerprint density at radius 3 is 2.74 bits per heavy atom. The van der Waals surface area contributed by atoms with Gasteiger partial charge in [0, 0.05) is 40.1 Å². The predicted molar refractivity (Wildman–Crippen MR) is 134 cm³/mol. The fourth-order valence-corrected chi connectivity index (χ4v) is 6.48. The number of Topliss-reactive ketones (excluding diaryl/α,β-unsaturated/α-hetero) is 1. The maximum absolute atomic E-state index is 13.7. The van der Waals surface area contributed by atoms with Crippen molar-refractivity contribution in [1.29, 1.82) is 0 Å². The van der Waals surface area contributed by atoms with Crippen molar-refractivity contribution in [2.75, 3.05) is 6.61 Å². The molecule has 5 rings (SSSR count). The maximum atomic E-state index is 13.7. The summed E-state index contributed by atoms with van der Waals surface area (Å²) in [5, 5.41) is 15.6. The first-order valence-corrected chi connectivity index (χ1v) is 13.3. The highest BCUT2D eigenvalue weighted by atomic mass is 32.1. The Morgan fingerprint density at radius 1 is 1.23 bits per heavy atom. The van der Waals surface area contributed by atoms with Crippen molar-refractivity contribution >= 4 is 23.1 Å². The summed E-state index contributed by atoms with van der Waals surface area (Å²) >= 11 is 1.66. The molecule has 2 heterocycles. The lowest BCUT2D eigenvalue weighted by Gasteiger charge is -2.40. The van der Waals surface area contributed by atoms with Gasteiger partial charge in [0.05, 0.1) is 6.61 Å². The van der Waals surface area contributed by atoms with Gasteiger partial charge >= 0.3 is 5.97 Å². The fraction of sp³-hybridized carbons (Fsp3) is 0.429. The first-order chi connectivity index (χ1) is 17.0. The Morgan fingerprint density at radius 2 is 2.03 bits per heavy atom. The fourth-order valence-electron chi connectivity index (χ4n) is 5.65. The Balaban J connectivity index is 1.57. The minimum atomic E-state index is -0.740. The molecule has 0 radical (unpaired) electrons. The van der Waals surface area contributed by atoms with Gasteiger partial charge in [-0.3, -0.25) is 9.59 Å². The molecule has 1 aromatic heterocycles. The lowest BCUT2D eigenvalue weighted by Crippen LogP contribution is -2.42. The van der Waals surface area contributed by atoms with Crippen molar-refractivity contribution in [2.45, 2.75) is 63.4 Å². The third kappa shape index (κ3) is 4.61. The van der Waals surface area contributed by atoms with E-state index in [0.717, 1.165) is 36.9 Å². The summed E-state index contributed by atoms with van der Waals surface area (Å²) in [4.78, 5) is 28.4. The number of phenolic OH excluding ortho intramolecular Hbond substituents is 1. The number of hydrogen-bond acceptors (Lipinski definition) is 7. The number of phenols is 1. The molecule has 2 aliphatic carbocycles. The van der Waals surface area contributed by atoms with E-state index in [-0.39, 0.29) is 29.5 Å². The van der Waals surface area contributed by atoms with Gasteiger partial charge in [0.25, 0.3) is 0 Å². The van der Waals surface area contributed by atoms with Gasteiger partial charge in [-0.15, -0.1) is 11.3 Å². The number of nitrogens with one attached hydrogen (secondary N) is 1. The van der Waals surface area contributed by atoms with Gasteiger partial charge in [-0.2, -0.15) is 0 Å². The highest BCUT2D eigenvalue weighted by Gasteiger charge is 2.46. The predicted octanol–water partition coefficient (Wildman–Crippen LogP) is 5.56. The quantitative estimate of drug-likeness (QED) is 0.513. The molecule has 7 heteroatoms. The number of aromatic hydroxyl groups is 1. The lowest BCUT2D eigenvalue weighted by molar-refractivity contribution is -0.153. The number of hydrogen-bond donors (Lipinski definition) is 2. The van der Waals surface area contributed by atoms with Crippen LogP contribution in [0.15, 0.2) is 59.3 Å². The second-order valence-corrected chi connectivity index (χ2v) is 10.5. The molecular formula is C28H31NO5S. The van der Waals surface area contributed by atoms with Crippen LogP contribution >= 0.6 is 11.3 Å². The van der Waals surface area contributed by atoms with E-state index < -0.39 is 11.8 Å². The van der Waals surface area contributed by atoms with Gasteiger partial charge in [0.15, 0.2) is 17.3 Å². The van der Waals surface area contributed by atoms with E-state index in [2.05, 4.69) is 18.0 Å². The molecule has 3 unspecified atom stereocenters. The largest absolute Gasteiger partial charge is 0.504 e. The molecule has 35 heavy (non-hydrogen) atoms. The summed E-state index contributed by atoms with van der Waals surface area (Å²) in [5.41, 5.74) is 2.72. The van der Waals surface area contributed by atoms with Crippen molar-refractivity contribution in [3.05, 3.63) is 69.7 Å². The second kappa shape index (κ2) is 9.90. The summed E-state index contributed by atoms with van der Waals surface area (Å²) in [7, 11) is 0. The first kappa shape index (κ1) is 23.7. The maximum Gasteiger partial charge on any atom is 0.316 e. The third-order valence-electron chi connectivity index (χ3n) is 7.27. The molecule has 1 aliphatic heterocycles. The molecule has 0 bridgehead atoms. The van der Waals surface area contributed by atoms with E-state index in [0.29, 0.717) is 36.5 Å². The molecular weight excluding hydrogens is 462 g/mol. The van der Waals surface area contributed by atoms with Crippen LogP contribution in [-0.4, -0.2) is 29.6 Å². The monoisotopic (exact) mass is 493 g/mol. The summed E-state index contributed by atoms with van der Waals surface area (Å²) in [6, 6.07) is 9.14. The molecule has 1 aromatic carbocycles. The second-order valence-electron chi connectivity index (χ2n) is 9.55. The van der Waals surface area contributed by atoms with E-state index in [9.17, 15) is 14.7 Å². The molecule has 3 atom stereocenters. The van der Waals surface area contributed by atoms with Crippen LogP contribution in [0.1, 0.15) is 67.7 Å². The molecule has 0 spiro atoms. The lowest BCUT2D eigenvalue weighted by atomic mass is 9.69. The summed E-state index contributed by atoms with van der Waals surface area (Å²) < 4.78 is 11.5. The molecule has 3 aliphatic rings. The molecule has 1 saturated carbocycles. The van der Waals surface area contributed by atoms with Crippen LogP contribution in [0.4, 0.5) is 0 Å². The van der Waals surface area contributed by atoms with Gasteiger partial charge in [-0.25, -0.2) is 0 Å². The van der Waals surface area contributed by atoms with Gasteiger partial charge in [0.1, 0.15) is 12.0 Å². The Labute approximate surface area is 209 Å². The van der Waals surface area contributed by atoms with Crippen molar-refractivity contribution in [1.82, 2.24) is 5.32 Å². The summed E-state index contributed by atoms with van der Waals surface area (Å²) in [5.74, 6) is -1.17. The zero-order chi connectivity index (χ0) is 24.5. The third-order valence-corrected chi connectivity index (χ3v) is 8.30. The van der Waals surface area contributed by atoms with E-state index in [1.807, 2.05) is 18.4 Å². The van der Waals surface area contributed by atoms with Crippen LogP contribution in [0.25, 0.3) is 0 Å². The number of esters is 1. The van der Waals surface area contributed by atoms with Crippen molar-refractivity contribution < 1.29 is 24.2 Å². The minimum Gasteiger partial charge on any atom is -0.504 e. The highest BCUT2D eigenvalue weighted by molar-refractivity contribution is 7.10. The minimum absolute atomic E-state index is 0.0235. The average molecular weight is 494 g/mol. The topological polar surface area (TPSA) is 84.9 Å². The van der Waals surface area contributed by atoms with E-state index in [4.69, 9.17) is 9.47 Å². The molecule has 0 amide bonds. The van der Waals surface area contributed by atoms with Gasteiger partial charge < -0.3 is 19.9 Å². The summed E-state index contributed by atoms with van der Waals surface area (Å²) in [6.07, 6.45) is 4.83. The van der Waals surface area contributed by atoms with Crippen molar-refractivity contribution in [2.24, 2.45) is 5.92 Å². The average Bonchev–Trinajstić information content (AvgIpc) is 3.54. The van der Waals surface area contributed by atoms with Crippen molar-refractivity contribution in [3.63, 3.8) is 0 Å². The summed E-state index contributed by atoms with van der Waals surface area (Å²) in [6.45, 7) is 6.44. The van der Waals surface area contributed by atoms with Crippen LogP contribution in [0.5, 0.6) is 11.5 Å². The Hall–Kier alpha value is -3.06. The number of rotatable bonds is 6. The van der Waals surface area contributed by atoms with Crippen LogP contribution < -0.4 is 10.1 Å². The number of benzene rings is 1.